The quantitative estimate of drug-likeness (QED) is 0.798. The summed E-state index contributed by atoms with van der Waals surface area (Å²) in [4.78, 5) is 11.7. The van der Waals surface area contributed by atoms with Crippen LogP contribution in [0.2, 0.25) is 5.02 Å². The van der Waals surface area contributed by atoms with Gasteiger partial charge in [-0.2, -0.15) is 0 Å². The minimum absolute atomic E-state index is 0.0755. The Balaban J connectivity index is 2.03. The second-order valence-corrected chi connectivity index (χ2v) is 7.33. The van der Waals surface area contributed by atoms with E-state index in [1.807, 2.05) is 0 Å². The van der Waals surface area contributed by atoms with E-state index in [0.717, 1.165) is 5.56 Å². The van der Waals surface area contributed by atoms with Crippen LogP contribution in [0.5, 0.6) is 0 Å². The van der Waals surface area contributed by atoms with Crippen LogP contribution in [-0.2, 0) is 21.2 Å². The van der Waals surface area contributed by atoms with E-state index in [1.165, 1.54) is 17.5 Å². The van der Waals surface area contributed by atoms with Crippen LogP contribution in [-0.4, -0.2) is 28.0 Å². The molecule has 0 amide bonds. The van der Waals surface area contributed by atoms with Gasteiger partial charge in [0.05, 0.1) is 23.4 Å². The molecule has 1 aliphatic rings. The van der Waals surface area contributed by atoms with Gasteiger partial charge in [0.1, 0.15) is 4.90 Å². The Kier molecular flexibility index (Phi) is 4.04. The van der Waals surface area contributed by atoms with Crippen LogP contribution in [0.15, 0.2) is 47.4 Å². The highest BCUT2D eigenvalue weighted by Gasteiger charge is 2.32. The van der Waals surface area contributed by atoms with Gasteiger partial charge in [-0.15, -0.1) is 0 Å². The minimum Gasteiger partial charge on any atom is -0.465 e. The molecule has 3 rings (SSSR count). The van der Waals surface area contributed by atoms with Gasteiger partial charge in [0.2, 0.25) is 0 Å². The first-order chi connectivity index (χ1) is 10.9. The molecule has 0 atom stereocenters. The van der Waals surface area contributed by atoms with Crippen molar-refractivity contribution in [3.05, 3.63) is 58.6 Å². The van der Waals surface area contributed by atoms with Crippen LogP contribution >= 0.6 is 11.6 Å². The van der Waals surface area contributed by atoms with E-state index in [9.17, 15) is 13.2 Å². The molecular formula is C16H14ClNO4S. The minimum atomic E-state index is -3.74. The molecule has 0 spiro atoms. The Bertz CT molecular complexity index is 879. The van der Waals surface area contributed by atoms with Crippen molar-refractivity contribution in [1.82, 2.24) is 0 Å². The molecule has 1 aliphatic heterocycles. The Morgan fingerprint density at radius 3 is 2.65 bits per heavy atom. The number of carbonyl (C=O) groups is 1. The Labute approximate surface area is 139 Å². The highest BCUT2D eigenvalue weighted by Crippen LogP contribution is 2.35. The number of methoxy groups -OCH3 is 1. The van der Waals surface area contributed by atoms with E-state index >= 15 is 0 Å². The summed E-state index contributed by atoms with van der Waals surface area (Å²) >= 11 is 6.03. The summed E-state index contributed by atoms with van der Waals surface area (Å²) in [6, 6.07) is 11.2. The lowest BCUT2D eigenvalue weighted by Gasteiger charge is -2.20. The molecule has 2 aromatic carbocycles. The first kappa shape index (κ1) is 15.8. The van der Waals surface area contributed by atoms with Crippen LogP contribution < -0.4 is 4.31 Å². The van der Waals surface area contributed by atoms with Crippen LogP contribution in [0.1, 0.15) is 15.9 Å². The van der Waals surface area contributed by atoms with Crippen molar-refractivity contribution in [3.63, 3.8) is 0 Å². The number of nitrogens with zero attached hydrogens (tertiary/aromatic N) is 1. The lowest BCUT2D eigenvalue weighted by molar-refractivity contribution is 0.0600. The number of rotatable bonds is 3. The van der Waals surface area contributed by atoms with E-state index < -0.39 is 16.0 Å². The fraction of sp³-hybridized carbons (Fsp3) is 0.188. The van der Waals surface area contributed by atoms with E-state index in [1.54, 1.807) is 36.4 Å². The number of sulfonamides is 1. The third-order valence-corrected chi connectivity index (χ3v) is 6.07. The third kappa shape index (κ3) is 2.68. The van der Waals surface area contributed by atoms with Crippen molar-refractivity contribution in [2.75, 3.05) is 18.0 Å². The molecule has 7 heteroatoms. The maximum absolute atomic E-state index is 12.8. The van der Waals surface area contributed by atoms with Gasteiger partial charge in [0, 0.05) is 6.54 Å². The number of esters is 1. The molecule has 1 heterocycles. The summed E-state index contributed by atoms with van der Waals surface area (Å²) < 4.78 is 31.7. The number of anilines is 1. The predicted molar refractivity (Wildman–Crippen MR) is 87.5 cm³/mol. The average molecular weight is 352 g/mol. The molecule has 0 saturated carbocycles. The lowest BCUT2D eigenvalue weighted by atomic mass is 10.1. The van der Waals surface area contributed by atoms with Crippen molar-refractivity contribution in [1.29, 1.82) is 0 Å². The second-order valence-electron chi connectivity index (χ2n) is 5.09. The Hall–Kier alpha value is -2.05. The predicted octanol–water partition coefficient (Wildman–Crippen LogP) is 2.88. The molecule has 0 saturated heterocycles. The van der Waals surface area contributed by atoms with Gasteiger partial charge in [0.25, 0.3) is 10.0 Å². The van der Waals surface area contributed by atoms with Gasteiger partial charge in [-0.1, -0.05) is 23.7 Å². The number of fused-ring (bicyclic) bond motifs is 1. The van der Waals surface area contributed by atoms with Gasteiger partial charge >= 0.3 is 5.97 Å². The molecule has 5 nitrogen and oxygen atoms in total. The van der Waals surface area contributed by atoms with E-state index in [0.29, 0.717) is 24.2 Å². The number of hydrogen-bond donors (Lipinski definition) is 0. The molecule has 0 aromatic heterocycles. The Morgan fingerprint density at radius 1 is 1.22 bits per heavy atom. The molecule has 0 bridgehead atoms. The zero-order chi connectivity index (χ0) is 16.6. The fourth-order valence-corrected chi connectivity index (χ4v) is 4.64. The monoisotopic (exact) mass is 351 g/mol. The lowest BCUT2D eigenvalue weighted by Crippen LogP contribution is -2.29. The third-order valence-electron chi connectivity index (χ3n) is 3.76. The van der Waals surface area contributed by atoms with Crippen molar-refractivity contribution in [2.45, 2.75) is 11.3 Å². The number of carbonyl (C=O) groups excluding carboxylic acids is 1. The molecular weight excluding hydrogens is 338 g/mol. The van der Waals surface area contributed by atoms with E-state index in [2.05, 4.69) is 4.74 Å². The maximum Gasteiger partial charge on any atom is 0.337 e. The maximum atomic E-state index is 12.8. The first-order valence-corrected chi connectivity index (χ1v) is 8.75. The van der Waals surface area contributed by atoms with E-state index in [-0.39, 0.29) is 9.92 Å². The molecule has 0 aliphatic carbocycles. The Morgan fingerprint density at radius 2 is 1.96 bits per heavy atom. The van der Waals surface area contributed by atoms with Gasteiger partial charge < -0.3 is 4.74 Å². The van der Waals surface area contributed by atoms with E-state index in [4.69, 9.17) is 11.6 Å². The number of halogens is 1. The van der Waals surface area contributed by atoms with Crippen molar-refractivity contribution in [3.8, 4) is 0 Å². The molecule has 2 aromatic rings. The second kappa shape index (κ2) is 5.86. The van der Waals surface area contributed by atoms with Crippen LogP contribution in [0, 0.1) is 0 Å². The summed E-state index contributed by atoms with van der Waals surface area (Å²) in [6.07, 6.45) is 0.532. The van der Waals surface area contributed by atoms with Gasteiger partial charge in [-0.3, -0.25) is 4.31 Å². The topological polar surface area (TPSA) is 63.7 Å². The first-order valence-electron chi connectivity index (χ1n) is 6.93. The number of hydrogen-bond acceptors (Lipinski definition) is 4. The molecule has 0 fully saturated rings. The highest BCUT2D eigenvalue weighted by molar-refractivity contribution is 7.93. The van der Waals surface area contributed by atoms with Gasteiger partial charge in [-0.25, -0.2) is 13.2 Å². The van der Waals surface area contributed by atoms with Crippen LogP contribution in [0.3, 0.4) is 0 Å². The van der Waals surface area contributed by atoms with Crippen molar-refractivity contribution in [2.24, 2.45) is 0 Å². The van der Waals surface area contributed by atoms with Crippen molar-refractivity contribution < 1.29 is 17.9 Å². The summed E-state index contributed by atoms with van der Waals surface area (Å²) in [5.74, 6) is -0.444. The SMILES string of the molecule is COC(=O)c1ccc2c(c1)CCN2S(=O)(=O)c1ccccc1Cl. The summed E-state index contributed by atoms with van der Waals surface area (Å²) in [5, 5.41) is 0.187. The largest absolute Gasteiger partial charge is 0.465 e. The van der Waals surface area contributed by atoms with Crippen LogP contribution in [0.25, 0.3) is 0 Å². The molecule has 120 valence electrons. The summed E-state index contributed by atoms with van der Waals surface area (Å²) in [7, 11) is -2.43. The fourth-order valence-electron chi connectivity index (χ4n) is 2.64. The zero-order valence-corrected chi connectivity index (χ0v) is 13.9. The standard InChI is InChI=1S/C16H14ClNO4S/c1-22-16(19)12-6-7-14-11(10-12)8-9-18(14)23(20,21)15-5-3-2-4-13(15)17/h2-7,10H,8-9H2,1H3. The van der Waals surface area contributed by atoms with Gasteiger partial charge in [0.15, 0.2) is 0 Å². The van der Waals surface area contributed by atoms with Crippen molar-refractivity contribution >= 4 is 33.3 Å². The smallest absolute Gasteiger partial charge is 0.337 e. The summed E-state index contributed by atoms with van der Waals surface area (Å²) in [6.45, 7) is 0.313. The molecule has 0 N–H and O–H groups in total. The zero-order valence-electron chi connectivity index (χ0n) is 12.3. The highest BCUT2D eigenvalue weighted by atomic mass is 35.5. The number of ether oxygens (including phenoxy) is 1. The molecule has 23 heavy (non-hydrogen) atoms. The van der Waals surface area contributed by atoms with Gasteiger partial charge in [-0.05, 0) is 42.3 Å². The number of benzene rings is 2. The summed E-state index contributed by atoms with van der Waals surface area (Å²) in [5.41, 5.74) is 1.77. The molecule has 0 unspecified atom stereocenters. The van der Waals surface area contributed by atoms with Crippen LogP contribution in [0.4, 0.5) is 5.69 Å². The normalized spacial score (nSPS) is 13.7. The molecule has 0 radical (unpaired) electrons. The average Bonchev–Trinajstić information content (AvgIpc) is 2.98.